The van der Waals surface area contributed by atoms with E-state index in [1.807, 2.05) is 31.2 Å². The first kappa shape index (κ1) is 23.3. The maximum atomic E-state index is 5.95. The van der Waals surface area contributed by atoms with Gasteiger partial charge >= 0.3 is 0 Å². The molecule has 1 aliphatic heterocycles. The van der Waals surface area contributed by atoms with Gasteiger partial charge in [-0.15, -0.1) is 0 Å². The number of unbranched alkanes of at least 4 members (excludes halogenated alkanes) is 1. The van der Waals surface area contributed by atoms with E-state index >= 15 is 0 Å². The number of methoxy groups -OCH3 is 1. The molecule has 1 aromatic rings. The van der Waals surface area contributed by atoms with Crippen LogP contribution in [0.25, 0.3) is 0 Å². The smallest absolute Gasteiger partial charge is 0.191 e. The number of benzene rings is 1. The van der Waals surface area contributed by atoms with Gasteiger partial charge in [-0.2, -0.15) is 0 Å². The summed E-state index contributed by atoms with van der Waals surface area (Å²) in [6.07, 6.45) is 2.34. The molecule has 0 aliphatic carbocycles. The van der Waals surface area contributed by atoms with Crippen molar-refractivity contribution in [1.82, 2.24) is 20.4 Å². The van der Waals surface area contributed by atoms with Crippen LogP contribution in [0.2, 0.25) is 0 Å². The molecule has 1 heterocycles. The first-order chi connectivity index (χ1) is 14.1. The van der Waals surface area contributed by atoms with Gasteiger partial charge < -0.3 is 29.9 Å². The van der Waals surface area contributed by atoms with Crippen LogP contribution < -0.4 is 20.1 Å². The fourth-order valence-electron chi connectivity index (χ4n) is 3.24. The van der Waals surface area contributed by atoms with Gasteiger partial charge in [-0.05, 0) is 52.4 Å². The summed E-state index contributed by atoms with van der Waals surface area (Å²) in [6, 6.07) is 7.67. The molecule has 2 rings (SSSR count). The van der Waals surface area contributed by atoms with Crippen LogP contribution in [-0.4, -0.2) is 88.4 Å². The summed E-state index contributed by atoms with van der Waals surface area (Å²) in [7, 11) is 3.86. The molecule has 1 atom stereocenters. The maximum absolute atomic E-state index is 5.95. The number of hydrogen-bond acceptors (Lipinski definition) is 5. The Labute approximate surface area is 176 Å². The van der Waals surface area contributed by atoms with E-state index in [4.69, 9.17) is 9.47 Å². The lowest BCUT2D eigenvalue weighted by molar-refractivity contribution is 0.152. The minimum atomic E-state index is -0.0187. The number of ether oxygens (including phenoxy) is 2. The summed E-state index contributed by atoms with van der Waals surface area (Å²) >= 11 is 0. The number of guanidine groups is 1. The van der Waals surface area contributed by atoms with E-state index in [-0.39, 0.29) is 6.10 Å². The predicted molar refractivity (Wildman–Crippen MR) is 120 cm³/mol. The quantitative estimate of drug-likeness (QED) is 0.334. The van der Waals surface area contributed by atoms with Crippen molar-refractivity contribution in [3.63, 3.8) is 0 Å². The standard InChI is InChI=1S/C22H39N5O2/c1-5-23-22(24-11-6-7-12-27-15-13-26(3)14-16-27)25-18-19(2)29-21-10-8-9-20(17-21)28-4/h8-10,17,19H,5-7,11-16,18H2,1-4H3,(H2,23,24,25). The van der Waals surface area contributed by atoms with Gasteiger partial charge in [0.1, 0.15) is 17.6 Å². The van der Waals surface area contributed by atoms with Crippen LogP contribution >= 0.6 is 0 Å². The Kier molecular flexibility index (Phi) is 10.7. The van der Waals surface area contributed by atoms with E-state index in [9.17, 15) is 0 Å². The Hall–Kier alpha value is -1.99. The van der Waals surface area contributed by atoms with Crippen LogP contribution in [0.1, 0.15) is 26.7 Å². The predicted octanol–water partition coefficient (Wildman–Crippen LogP) is 2.05. The van der Waals surface area contributed by atoms with Gasteiger partial charge in [-0.25, -0.2) is 4.99 Å². The molecule has 0 amide bonds. The molecule has 1 fully saturated rings. The minimum Gasteiger partial charge on any atom is -0.497 e. The number of nitrogens with zero attached hydrogens (tertiary/aromatic N) is 3. The average Bonchev–Trinajstić information content (AvgIpc) is 2.73. The van der Waals surface area contributed by atoms with Crippen LogP contribution in [0.4, 0.5) is 0 Å². The Morgan fingerprint density at radius 2 is 1.90 bits per heavy atom. The molecule has 29 heavy (non-hydrogen) atoms. The van der Waals surface area contributed by atoms with E-state index in [0.717, 1.165) is 37.0 Å². The zero-order chi connectivity index (χ0) is 20.9. The number of hydrogen-bond donors (Lipinski definition) is 2. The highest BCUT2D eigenvalue weighted by Crippen LogP contribution is 2.19. The summed E-state index contributed by atoms with van der Waals surface area (Å²) in [5.74, 6) is 2.45. The van der Waals surface area contributed by atoms with Crippen LogP contribution in [-0.2, 0) is 0 Å². The maximum Gasteiger partial charge on any atom is 0.191 e. The van der Waals surface area contributed by atoms with Gasteiger partial charge in [-0.1, -0.05) is 6.07 Å². The molecule has 1 aromatic carbocycles. The molecular formula is C22H39N5O2. The van der Waals surface area contributed by atoms with Crippen molar-refractivity contribution in [2.45, 2.75) is 32.8 Å². The third kappa shape index (κ3) is 9.37. The monoisotopic (exact) mass is 405 g/mol. The van der Waals surface area contributed by atoms with Crippen molar-refractivity contribution >= 4 is 5.96 Å². The molecular weight excluding hydrogens is 366 g/mol. The Bertz CT molecular complexity index is 603. The van der Waals surface area contributed by atoms with Gasteiger partial charge in [0.05, 0.1) is 13.7 Å². The summed E-state index contributed by atoms with van der Waals surface area (Å²) in [4.78, 5) is 9.64. The average molecular weight is 406 g/mol. The topological polar surface area (TPSA) is 61.4 Å². The molecule has 164 valence electrons. The second-order valence-electron chi connectivity index (χ2n) is 7.61. The molecule has 0 bridgehead atoms. The van der Waals surface area contributed by atoms with E-state index in [2.05, 4.69) is 39.4 Å². The molecule has 0 radical (unpaired) electrons. The molecule has 7 heteroatoms. The van der Waals surface area contributed by atoms with Gasteiger partial charge in [0.2, 0.25) is 0 Å². The van der Waals surface area contributed by atoms with Crippen molar-refractivity contribution < 1.29 is 9.47 Å². The van der Waals surface area contributed by atoms with Gasteiger partial charge in [0, 0.05) is 45.3 Å². The van der Waals surface area contributed by atoms with Crippen molar-refractivity contribution in [3.8, 4) is 11.5 Å². The third-order valence-corrected chi connectivity index (χ3v) is 5.02. The van der Waals surface area contributed by atoms with Crippen LogP contribution in [0.3, 0.4) is 0 Å². The number of piperazine rings is 1. The highest BCUT2D eigenvalue weighted by Gasteiger charge is 2.12. The van der Waals surface area contributed by atoms with Crippen molar-refractivity contribution in [2.24, 2.45) is 4.99 Å². The van der Waals surface area contributed by atoms with Gasteiger partial charge in [0.15, 0.2) is 5.96 Å². The number of likely N-dealkylation sites (N-methyl/N-ethyl adjacent to an activating group) is 1. The molecule has 1 aliphatic rings. The highest BCUT2D eigenvalue weighted by molar-refractivity contribution is 5.79. The molecule has 0 spiro atoms. The normalized spacial score (nSPS) is 17.0. The fourth-order valence-corrected chi connectivity index (χ4v) is 3.24. The molecule has 1 saturated heterocycles. The molecule has 1 unspecified atom stereocenters. The molecule has 7 nitrogen and oxygen atoms in total. The number of rotatable bonds is 11. The zero-order valence-electron chi connectivity index (χ0n) is 18.6. The third-order valence-electron chi connectivity index (χ3n) is 5.02. The van der Waals surface area contributed by atoms with Crippen molar-refractivity contribution in [2.75, 3.05) is 66.5 Å². The summed E-state index contributed by atoms with van der Waals surface area (Å²) in [6.45, 7) is 12.4. The number of nitrogens with one attached hydrogen (secondary N) is 2. The second kappa shape index (κ2) is 13.3. The van der Waals surface area contributed by atoms with Crippen molar-refractivity contribution in [3.05, 3.63) is 24.3 Å². The fraction of sp³-hybridized carbons (Fsp3) is 0.682. The van der Waals surface area contributed by atoms with E-state index in [1.54, 1.807) is 7.11 Å². The zero-order valence-corrected chi connectivity index (χ0v) is 18.6. The van der Waals surface area contributed by atoms with E-state index < -0.39 is 0 Å². The first-order valence-corrected chi connectivity index (χ1v) is 10.8. The lowest BCUT2D eigenvalue weighted by Gasteiger charge is -2.32. The Balaban J connectivity index is 1.67. The van der Waals surface area contributed by atoms with Crippen LogP contribution in [0, 0.1) is 0 Å². The van der Waals surface area contributed by atoms with Crippen LogP contribution in [0.5, 0.6) is 11.5 Å². The Morgan fingerprint density at radius 1 is 1.14 bits per heavy atom. The summed E-state index contributed by atoms with van der Waals surface area (Å²) in [5, 5.41) is 6.75. The summed E-state index contributed by atoms with van der Waals surface area (Å²) in [5.41, 5.74) is 0. The lowest BCUT2D eigenvalue weighted by Crippen LogP contribution is -2.44. The first-order valence-electron chi connectivity index (χ1n) is 10.8. The molecule has 0 aromatic heterocycles. The molecule has 2 N–H and O–H groups in total. The largest absolute Gasteiger partial charge is 0.497 e. The summed E-state index contributed by atoms with van der Waals surface area (Å²) < 4.78 is 11.2. The Morgan fingerprint density at radius 3 is 2.62 bits per heavy atom. The van der Waals surface area contributed by atoms with Gasteiger partial charge in [-0.3, -0.25) is 0 Å². The lowest BCUT2D eigenvalue weighted by atomic mass is 10.2. The van der Waals surface area contributed by atoms with Crippen LogP contribution in [0.15, 0.2) is 29.3 Å². The number of aliphatic imine (C=N–C) groups is 1. The second-order valence-corrected chi connectivity index (χ2v) is 7.61. The van der Waals surface area contributed by atoms with E-state index in [0.29, 0.717) is 6.54 Å². The highest BCUT2D eigenvalue weighted by atomic mass is 16.5. The SMILES string of the molecule is CCNC(=NCC(C)Oc1cccc(OC)c1)NCCCCN1CCN(C)CC1. The van der Waals surface area contributed by atoms with Gasteiger partial charge in [0.25, 0.3) is 0 Å². The molecule has 0 saturated carbocycles. The van der Waals surface area contributed by atoms with E-state index in [1.165, 1.54) is 39.1 Å². The van der Waals surface area contributed by atoms with Crippen molar-refractivity contribution in [1.29, 1.82) is 0 Å². The minimum absolute atomic E-state index is 0.0187.